The average Bonchev–Trinajstić information content (AvgIpc) is 3.48. The van der Waals surface area contributed by atoms with Crippen LogP contribution in [0.15, 0.2) is 125 Å². The Morgan fingerprint density at radius 1 is 0.844 bits per heavy atom. The van der Waals surface area contributed by atoms with Crippen LogP contribution in [0.2, 0.25) is 0 Å². The number of carbonyl (C=O) groups excluding carboxylic acids is 3. The first-order valence-corrected chi connectivity index (χ1v) is 16.2. The number of hydrogen-bond donors (Lipinski definition) is 3. The fourth-order valence-corrected chi connectivity index (χ4v) is 6.15. The van der Waals surface area contributed by atoms with E-state index in [1.54, 1.807) is 36.4 Å². The van der Waals surface area contributed by atoms with Crippen molar-refractivity contribution in [2.75, 3.05) is 10.6 Å². The van der Waals surface area contributed by atoms with E-state index in [0.29, 0.717) is 22.8 Å². The second-order valence-corrected chi connectivity index (χ2v) is 12.3. The fourth-order valence-electron chi connectivity index (χ4n) is 4.44. The zero-order valence-electron chi connectivity index (χ0n) is 24.8. The summed E-state index contributed by atoms with van der Waals surface area (Å²) in [7, 11) is 0. The van der Waals surface area contributed by atoms with Crippen LogP contribution in [0.4, 0.5) is 10.8 Å². The van der Waals surface area contributed by atoms with Crippen LogP contribution in [0.1, 0.15) is 35.0 Å². The van der Waals surface area contributed by atoms with Crippen molar-refractivity contribution >= 4 is 57.7 Å². The quantitative estimate of drug-likeness (QED) is 0.101. The number of rotatable bonds is 11. The Labute approximate surface area is 270 Å². The first-order chi connectivity index (χ1) is 21.9. The largest absolute Gasteiger partial charge is 0.321 e. The lowest BCUT2D eigenvalue weighted by Crippen LogP contribution is -2.30. The summed E-state index contributed by atoms with van der Waals surface area (Å²) in [6, 6.07) is 33.8. The van der Waals surface area contributed by atoms with E-state index in [1.165, 1.54) is 23.1 Å². The number of aryl methyl sites for hydroxylation is 1. The molecule has 1 heterocycles. The van der Waals surface area contributed by atoms with Crippen molar-refractivity contribution in [2.24, 2.45) is 0 Å². The molecule has 0 aliphatic heterocycles. The van der Waals surface area contributed by atoms with Crippen LogP contribution in [0.25, 0.3) is 17.2 Å². The molecular formula is C36H32N4O3S2. The number of benzene rings is 4. The minimum Gasteiger partial charge on any atom is -0.321 e. The highest BCUT2D eigenvalue weighted by molar-refractivity contribution is 8.00. The summed E-state index contributed by atoms with van der Waals surface area (Å²) in [5.74, 6) is -0.995. The maximum absolute atomic E-state index is 13.6. The maximum Gasteiger partial charge on any atom is 0.272 e. The molecule has 0 fully saturated rings. The molecule has 0 aliphatic rings. The van der Waals surface area contributed by atoms with Gasteiger partial charge in [-0.25, -0.2) is 4.98 Å². The Hall–Kier alpha value is -4.99. The molecule has 45 heavy (non-hydrogen) atoms. The fraction of sp³-hybridized carbons (Fsp3) is 0.111. The second-order valence-electron chi connectivity index (χ2n) is 10.1. The van der Waals surface area contributed by atoms with Crippen molar-refractivity contribution in [2.45, 2.75) is 30.4 Å². The van der Waals surface area contributed by atoms with E-state index in [-0.39, 0.29) is 16.9 Å². The molecule has 3 amide bonds. The summed E-state index contributed by atoms with van der Waals surface area (Å²) < 4.78 is 0. The maximum atomic E-state index is 13.6. The molecule has 226 valence electrons. The van der Waals surface area contributed by atoms with Gasteiger partial charge in [0.05, 0.1) is 10.9 Å². The molecule has 3 N–H and O–H groups in total. The first-order valence-electron chi connectivity index (χ1n) is 14.4. The predicted octanol–water partition coefficient (Wildman–Crippen LogP) is 8.04. The van der Waals surface area contributed by atoms with Crippen molar-refractivity contribution in [1.82, 2.24) is 10.3 Å². The third-order valence-electron chi connectivity index (χ3n) is 6.74. The summed E-state index contributed by atoms with van der Waals surface area (Å²) >= 11 is 2.80. The number of carbonyl (C=O) groups is 3. The molecule has 0 saturated carbocycles. The van der Waals surface area contributed by atoms with Gasteiger partial charge in [0.25, 0.3) is 11.8 Å². The van der Waals surface area contributed by atoms with Gasteiger partial charge in [-0.1, -0.05) is 85.8 Å². The van der Waals surface area contributed by atoms with E-state index in [2.05, 4.69) is 20.9 Å². The van der Waals surface area contributed by atoms with Crippen molar-refractivity contribution in [3.05, 3.63) is 137 Å². The molecule has 5 aromatic rings. The highest BCUT2D eigenvalue weighted by Crippen LogP contribution is 2.29. The van der Waals surface area contributed by atoms with E-state index in [0.717, 1.165) is 27.3 Å². The molecule has 9 heteroatoms. The van der Waals surface area contributed by atoms with Crippen molar-refractivity contribution < 1.29 is 14.4 Å². The van der Waals surface area contributed by atoms with Gasteiger partial charge in [0.2, 0.25) is 5.91 Å². The molecule has 1 unspecified atom stereocenters. The minimum atomic E-state index is -0.475. The van der Waals surface area contributed by atoms with E-state index in [1.807, 2.05) is 98.1 Å². The van der Waals surface area contributed by atoms with Gasteiger partial charge >= 0.3 is 0 Å². The number of hydrogen-bond acceptors (Lipinski definition) is 6. The third-order valence-corrected chi connectivity index (χ3v) is 8.97. The van der Waals surface area contributed by atoms with E-state index in [9.17, 15) is 14.4 Å². The lowest BCUT2D eigenvalue weighted by Gasteiger charge is -2.15. The van der Waals surface area contributed by atoms with Crippen LogP contribution in [0.3, 0.4) is 0 Å². The van der Waals surface area contributed by atoms with E-state index < -0.39 is 11.8 Å². The molecule has 7 nitrogen and oxygen atoms in total. The molecule has 0 aliphatic carbocycles. The van der Waals surface area contributed by atoms with Gasteiger partial charge in [-0.15, -0.1) is 23.1 Å². The zero-order chi connectivity index (χ0) is 31.6. The predicted molar refractivity (Wildman–Crippen MR) is 184 cm³/mol. The standard InChI is InChI=1S/C36H32N4O3S2/c1-3-32(35(43)40-36-37-24(2)23-44-36)45-30-16-10-15-29(22-30)38-34(42)31(39-33(41)28-13-8-5-9-14-28)21-25-17-19-27(20-18-25)26-11-6-4-7-12-26/h4-23,32H,3H2,1-2H3,(H,38,42)(H,39,41)(H,37,40,43)/b31-21+. The third kappa shape index (κ3) is 8.78. The smallest absolute Gasteiger partial charge is 0.272 e. The summed E-state index contributed by atoms with van der Waals surface area (Å²) in [6.45, 7) is 3.84. The zero-order valence-corrected chi connectivity index (χ0v) is 26.5. The van der Waals surface area contributed by atoms with Crippen LogP contribution in [0.5, 0.6) is 0 Å². The topological polar surface area (TPSA) is 100 Å². The molecule has 4 aromatic carbocycles. The average molecular weight is 633 g/mol. The van der Waals surface area contributed by atoms with E-state index in [4.69, 9.17) is 0 Å². The number of nitrogens with one attached hydrogen (secondary N) is 3. The van der Waals surface area contributed by atoms with Gasteiger partial charge in [-0.05, 0) is 66.4 Å². The van der Waals surface area contributed by atoms with Crippen LogP contribution in [-0.2, 0) is 9.59 Å². The number of thioether (sulfide) groups is 1. The molecule has 5 rings (SSSR count). The van der Waals surface area contributed by atoms with Crippen LogP contribution >= 0.6 is 23.1 Å². The summed E-state index contributed by atoms with van der Waals surface area (Å²) in [6.07, 6.45) is 2.26. The van der Waals surface area contributed by atoms with Gasteiger partial charge in [0, 0.05) is 21.5 Å². The SMILES string of the molecule is CCC(Sc1cccc(NC(=O)/C(=C\c2ccc(-c3ccccc3)cc2)NC(=O)c2ccccc2)c1)C(=O)Nc1nc(C)cs1. The molecule has 1 atom stereocenters. The van der Waals surface area contributed by atoms with Gasteiger partial charge in [0.15, 0.2) is 5.13 Å². The number of nitrogens with zero attached hydrogens (tertiary/aromatic N) is 1. The monoisotopic (exact) mass is 632 g/mol. The Balaban J connectivity index is 1.33. The number of amides is 3. The Morgan fingerprint density at radius 3 is 2.20 bits per heavy atom. The highest BCUT2D eigenvalue weighted by atomic mass is 32.2. The summed E-state index contributed by atoms with van der Waals surface area (Å²) in [5.41, 5.74) is 4.81. The number of aromatic nitrogens is 1. The van der Waals surface area contributed by atoms with Crippen LogP contribution in [-0.4, -0.2) is 28.0 Å². The lowest BCUT2D eigenvalue weighted by molar-refractivity contribution is -0.116. The Morgan fingerprint density at radius 2 is 1.53 bits per heavy atom. The second kappa shape index (κ2) is 15.1. The van der Waals surface area contributed by atoms with Crippen LogP contribution < -0.4 is 16.0 Å². The van der Waals surface area contributed by atoms with Gasteiger partial charge in [-0.2, -0.15) is 0 Å². The van der Waals surface area contributed by atoms with Crippen molar-refractivity contribution in [3.8, 4) is 11.1 Å². The molecule has 0 saturated heterocycles. The highest BCUT2D eigenvalue weighted by Gasteiger charge is 2.20. The molecular weight excluding hydrogens is 601 g/mol. The van der Waals surface area contributed by atoms with Crippen molar-refractivity contribution in [3.63, 3.8) is 0 Å². The lowest BCUT2D eigenvalue weighted by atomic mass is 10.0. The first kappa shape index (κ1) is 31.4. The normalized spacial score (nSPS) is 11.8. The summed E-state index contributed by atoms with van der Waals surface area (Å²) in [5, 5.41) is 10.7. The van der Waals surface area contributed by atoms with Crippen LogP contribution in [0, 0.1) is 6.92 Å². The number of anilines is 2. The van der Waals surface area contributed by atoms with Gasteiger partial charge < -0.3 is 16.0 Å². The van der Waals surface area contributed by atoms with Crippen molar-refractivity contribution in [1.29, 1.82) is 0 Å². The minimum absolute atomic E-state index is 0.0962. The summed E-state index contributed by atoms with van der Waals surface area (Å²) in [4.78, 5) is 44.7. The molecule has 0 bridgehead atoms. The van der Waals surface area contributed by atoms with Gasteiger partial charge in [0.1, 0.15) is 5.70 Å². The van der Waals surface area contributed by atoms with E-state index >= 15 is 0 Å². The molecule has 0 spiro atoms. The molecule has 1 aromatic heterocycles. The Bertz CT molecular complexity index is 1800. The van der Waals surface area contributed by atoms with Gasteiger partial charge in [-0.3, -0.25) is 14.4 Å². The molecule has 0 radical (unpaired) electrons. The Kier molecular flexibility index (Phi) is 10.6. The number of thiazole rings is 1.